The van der Waals surface area contributed by atoms with Crippen molar-refractivity contribution in [3.63, 3.8) is 0 Å². The zero-order valence-electron chi connectivity index (χ0n) is 16.8. The third kappa shape index (κ3) is 4.12. The Morgan fingerprint density at radius 1 is 1.30 bits per heavy atom. The number of phenolic OH excluding ortho intramolecular Hbond substituents is 1. The molecule has 1 atom stereocenters. The van der Waals surface area contributed by atoms with Gasteiger partial charge in [0.2, 0.25) is 0 Å². The molecule has 30 heavy (non-hydrogen) atoms. The molecule has 1 aliphatic heterocycles. The van der Waals surface area contributed by atoms with Crippen molar-refractivity contribution in [1.82, 2.24) is 15.3 Å². The lowest BCUT2D eigenvalue weighted by atomic mass is 10.1. The number of nitrogens with one attached hydrogen (secondary N) is 1. The third-order valence-electron chi connectivity index (χ3n) is 4.94. The number of para-hydroxylation sites is 1. The van der Waals surface area contributed by atoms with Crippen molar-refractivity contribution in [2.75, 3.05) is 18.0 Å². The Bertz CT molecular complexity index is 1100. The van der Waals surface area contributed by atoms with E-state index in [1.54, 1.807) is 44.2 Å². The monoisotopic (exact) mass is 414 g/mol. The molecule has 0 spiro atoms. The maximum atomic E-state index is 14.0. The molecule has 1 saturated heterocycles. The highest BCUT2D eigenvalue weighted by molar-refractivity contribution is 5.91. The lowest BCUT2D eigenvalue weighted by molar-refractivity contribution is 0.113. The molecule has 7 nitrogen and oxygen atoms in total. The SMILES string of the molecule is CC(C)OC(=O)N[C@@H]1CCN(c2nc(-c3ccccc3O)nc3ccc(F)cc23)C1.[HH].[HH]. The highest BCUT2D eigenvalue weighted by atomic mass is 19.1. The molecular weight excluding hydrogens is 387 g/mol. The first-order valence-corrected chi connectivity index (χ1v) is 9.88. The minimum absolute atomic E-state index is 0. The Morgan fingerprint density at radius 3 is 2.87 bits per heavy atom. The van der Waals surface area contributed by atoms with Crippen LogP contribution in [-0.2, 0) is 4.74 Å². The maximum absolute atomic E-state index is 14.0. The molecule has 1 aliphatic rings. The predicted molar refractivity (Wildman–Crippen MR) is 116 cm³/mol. The van der Waals surface area contributed by atoms with Gasteiger partial charge in [-0.05, 0) is 50.6 Å². The van der Waals surface area contributed by atoms with E-state index in [9.17, 15) is 14.3 Å². The van der Waals surface area contributed by atoms with Crippen molar-refractivity contribution >= 4 is 22.8 Å². The van der Waals surface area contributed by atoms with E-state index in [4.69, 9.17) is 4.74 Å². The zero-order chi connectivity index (χ0) is 21.3. The number of aromatic nitrogens is 2. The molecule has 1 aromatic heterocycles. The average molecular weight is 414 g/mol. The minimum atomic E-state index is -0.453. The van der Waals surface area contributed by atoms with Crippen LogP contribution in [0.25, 0.3) is 22.3 Å². The number of phenols is 1. The molecular formula is C22H27FN4O3. The molecule has 8 heteroatoms. The van der Waals surface area contributed by atoms with Crippen LogP contribution >= 0.6 is 0 Å². The van der Waals surface area contributed by atoms with E-state index in [2.05, 4.69) is 15.3 Å². The lowest BCUT2D eigenvalue weighted by Crippen LogP contribution is -2.38. The number of amides is 1. The number of halogens is 1. The summed E-state index contributed by atoms with van der Waals surface area (Å²) in [5.41, 5.74) is 1.08. The second-order valence-corrected chi connectivity index (χ2v) is 7.58. The number of carbonyl (C=O) groups excluding carboxylic acids is 1. The van der Waals surface area contributed by atoms with Crippen LogP contribution in [0.3, 0.4) is 0 Å². The normalized spacial score (nSPS) is 16.3. The average Bonchev–Trinajstić information content (AvgIpc) is 3.15. The second kappa shape index (κ2) is 8.14. The molecule has 0 saturated carbocycles. The summed E-state index contributed by atoms with van der Waals surface area (Å²) in [5.74, 6) is 0.622. The molecule has 0 bridgehead atoms. The van der Waals surface area contributed by atoms with E-state index in [0.29, 0.717) is 47.6 Å². The Kier molecular flexibility index (Phi) is 5.39. The van der Waals surface area contributed by atoms with E-state index < -0.39 is 6.09 Å². The Morgan fingerprint density at radius 2 is 2.10 bits per heavy atom. The van der Waals surface area contributed by atoms with Gasteiger partial charge in [0.15, 0.2) is 5.82 Å². The van der Waals surface area contributed by atoms with Gasteiger partial charge in [-0.25, -0.2) is 19.2 Å². The Balaban J connectivity index is 0.00000181. The largest absolute Gasteiger partial charge is 0.507 e. The quantitative estimate of drug-likeness (QED) is 0.660. The van der Waals surface area contributed by atoms with Crippen molar-refractivity contribution in [3.8, 4) is 17.1 Å². The van der Waals surface area contributed by atoms with Crippen LogP contribution in [0.4, 0.5) is 15.0 Å². The van der Waals surface area contributed by atoms with Gasteiger partial charge in [-0.3, -0.25) is 0 Å². The van der Waals surface area contributed by atoms with Crippen molar-refractivity contribution in [2.24, 2.45) is 0 Å². The van der Waals surface area contributed by atoms with Gasteiger partial charge in [0.1, 0.15) is 17.4 Å². The number of anilines is 1. The van der Waals surface area contributed by atoms with Crippen LogP contribution in [0.2, 0.25) is 0 Å². The van der Waals surface area contributed by atoms with Gasteiger partial charge < -0.3 is 20.1 Å². The second-order valence-electron chi connectivity index (χ2n) is 7.58. The molecule has 1 fully saturated rings. The van der Waals surface area contributed by atoms with Gasteiger partial charge in [0.05, 0.1) is 23.2 Å². The van der Waals surface area contributed by atoms with Gasteiger partial charge in [-0.15, -0.1) is 0 Å². The van der Waals surface area contributed by atoms with Crippen LogP contribution in [0.15, 0.2) is 42.5 Å². The number of hydrogen-bond donors (Lipinski definition) is 2. The van der Waals surface area contributed by atoms with Crippen LogP contribution in [0.5, 0.6) is 5.75 Å². The first-order valence-electron chi connectivity index (χ1n) is 9.88. The molecule has 160 valence electrons. The number of alkyl carbamates (subject to hydrolysis) is 1. The smallest absolute Gasteiger partial charge is 0.407 e. The minimum Gasteiger partial charge on any atom is -0.507 e. The number of nitrogens with zero attached hydrogens (tertiary/aromatic N) is 3. The Labute approximate surface area is 176 Å². The summed E-state index contributed by atoms with van der Waals surface area (Å²) < 4.78 is 19.1. The van der Waals surface area contributed by atoms with Crippen molar-refractivity contribution in [2.45, 2.75) is 32.4 Å². The number of aromatic hydroxyl groups is 1. The molecule has 0 unspecified atom stereocenters. The summed E-state index contributed by atoms with van der Waals surface area (Å²) in [6.07, 6.45) is 0.0580. The number of carbonyl (C=O) groups is 1. The highest BCUT2D eigenvalue weighted by Crippen LogP contribution is 2.33. The van der Waals surface area contributed by atoms with E-state index in [1.165, 1.54) is 12.1 Å². The summed E-state index contributed by atoms with van der Waals surface area (Å²) in [7, 11) is 0. The van der Waals surface area contributed by atoms with Crippen LogP contribution in [0, 0.1) is 5.82 Å². The van der Waals surface area contributed by atoms with Crippen molar-refractivity contribution < 1.29 is 21.9 Å². The van der Waals surface area contributed by atoms with Gasteiger partial charge in [-0.1, -0.05) is 12.1 Å². The topological polar surface area (TPSA) is 87.6 Å². The molecule has 4 rings (SSSR count). The zero-order valence-corrected chi connectivity index (χ0v) is 16.8. The molecule has 2 aromatic carbocycles. The first kappa shape index (κ1) is 19.9. The van der Waals surface area contributed by atoms with Gasteiger partial charge >= 0.3 is 6.09 Å². The number of rotatable bonds is 4. The van der Waals surface area contributed by atoms with E-state index >= 15 is 0 Å². The predicted octanol–water partition coefficient (Wildman–Crippen LogP) is 4.35. The van der Waals surface area contributed by atoms with Crippen molar-refractivity contribution in [1.29, 1.82) is 0 Å². The third-order valence-corrected chi connectivity index (χ3v) is 4.94. The maximum Gasteiger partial charge on any atom is 0.407 e. The summed E-state index contributed by atoms with van der Waals surface area (Å²) in [6.45, 7) is 4.73. The van der Waals surface area contributed by atoms with Crippen LogP contribution in [-0.4, -0.2) is 46.4 Å². The standard InChI is InChI=1S/C22H23FN4O3.2H2/c1-13(2)30-22(29)24-15-9-10-27(12-15)21-17-11-14(23)7-8-18(17)25-20(26-21)16-5-3-4-6-19(16)28;;/h3-8,11,13,15,28H,9-10,12H2,1-2H3,(H,24,29);2*1H/t15-;;/m1../s1. The number of ether oxygens (including phenoxy) is 1. The van der Waals surface area contributed by atoms with Crippen molar-refractivity contribution in [3.05, 3.63) is 48.3 Å². The summed E-state index contributed by atoms with van der Waals surface area (Å²) in [4.78, 5) is 23.1. The van der Waals surface area contributed by atoms with E-state index in [-0.39, 0.29) is 26.6 Å². The highest BCUT2D eigenvalue weighted by Gasteiger charge is 2.27. The fourth-order valence-corrected chi connectivity index (χ4v) is 3.59. The number of benzene rings is 2. The number of hydrogen-bond acceptors (Lipinski definition) is 6. The van der Waals surface area contributed by atoms with Crippen LogP contribution in [0.1, 0.15) is 23.1 Å². The number of fused-ring (bicyclic) bond motifs is 1. The summed E-state index contributed by atoms with van der Waals surface area (Å²) in [5, 5.41) is 13.7. The van der Waals surface area contributed by atoms with Gasteiger partial charge in [0.25, 0.3) is 0 Å². The molecule has 1 amide bonds. The molecule has 2 N–H and O–H groups in total. The van der Waals surface area contributed by atoms with E-state index in [1.807, 2.05) is 4.90 Å². The fraction of sp³-hybridized carbons (Fsp3) is 0.318. The summed E-state index contributed by atoms with van der Waals surface area (Å²) >= 11 is 0. The fourth-order valence-electron chi connectivity index (χ4n) is 3.59. The molecule has 0 aliphatic carbocycles. The molecule has 2 heterocycles. The van der Waals surface area contributed by atoms with Crippen LogP contribution < -0.4 is 10.2 Å². The lowest BCUT2D eigenvalue weighted by Gasteiger charge is -2.21. The molecule has 3 aromatic rings. The first-order chi connectivity index (χ1) is 14.4. The van der Waals surface area contributed by atoms with E-state index in [0.717, 1.165) is 0 Å². The summed E-state index contributed by atoms with van der Waals surface area (Å²) in [6, 6.07) is 11.1. The van der Waals surface area contributed by atoms with Gasteiger partial charge in [0, 0.05) is 21.3 Å². The molecule has 0 radical (unpaired) electrons. The Hall–Kier alpha value is -3.42. The van der Waals surface area contributed by atoms with Gasteiger partial charge in [-0.2, -0.15) is 0 Å².